The van der Waals surface area contributed by atoms with E-state index in [2.05, 4.69) is 80.8 Å². The van der Waals surface area contributed by atoms with Crippen molar-refractivity contribution in [3.05, 3.63) is 65.2 Å². The first-order valence-corrected chi connectivity index (χ1v) is 8.07. The highest BCUT2D eigenvalue weighted by atomic mass is 32.1. The lowest BCUT2D eigenvalue weighted by atomic mass is 9.96. The molecule has 0 amide bonds. The molecule has 0 fully saturated rings. The van der Waals surface area contributed by atoms with Gasteiger partial charge >= 0.3 is 0 Å². The smallest absolute Gasteiger partial charge is 0.171 e. The van der Waals surface area contributed by atoms with Crippen LogP contribution >= 0.6 is 12.2 Å². The van der Waals surface area contributed by atoms with Crippen LogP contribution in [-0.4, -0.2) is 5.11 Å². The van der Waals surface area contributed by atoms with Crippen molar-refractivity contribution in [3.63, 3.8) is 0 Å². The molecule has 0 aliphatic rings. The zero-order chi connectivity index (χ0) is 16.1. The van der Waals surface area contributed by atoms with Crippen LogP contribution in [0.3, 0.4) is 0 Å². The molecule has 0 aliphatic carbocycles. The quantitative estimate of drug-likeness (QED) is 0.778. The van der Waals surface area contributed by atoms with Gasteiger partial charge in [-0.1, -0.05) is 50.2 Å². The van der Waals surface area contributed by atoms with Gasteiger partial charge in [0.05, 0.1) is 6.04 Å². The number of hydrogen-bond donors (Lipinski definition) is 2. The molecule has 0 spiro atoms. The number of aryl methyl sites for hydroxylation is 2. The molecule has 3 heteroatoms. The van der Waals surface area contributed by atoms with E-state index in [1.54, 1.807) is 0 Å². The van der Waals surface area contributed by atoms with E-state index < -0.39 is 0 Å². The first-order chi connectivity index (χ1) is 10.5. The summed E-state index contributed by atoms with van der Waals surface area (Å²) in [4.78, 5) is 0. The molecular formula is C19H24N2S. The van der Waals surface area contributed by atoms with E-state index in [1.807, 2.05) is 6.07 Å². The van der Waals surface area contributed by atoms with Gasteiger partial charge in [-0.15, -0.1) is 0 Å². The van der Waals surface area contributed by atoms with E-state index >= 15 is 0 Å². The minimum Gasteiger partial charge on any atom is -0.355 e. The highest BCUT2D eigenvalue weighted by Gasteiger charge is 2.16. The van der Waals surface area contributed by atoms with Gasteiger partial charge < -0.3 is 10.6 Å². The fourth-order valence-corrected chi connectivity index (χ4v) is 2.90. The number of nitrogens with one attached hydrogen (secondary N) is 2. The molecular weight excluding hydrogens is 288 g/mol. The van der Waals surface area contributed by atoms with Gasteiger partial charge in [-0.3, -0.25) is 0 Å². The average Bonchev–Trinajstić information content (AvgIpc) is 2.44. The minimum atomic E-state index is 0.201. The van der Waals surface area contributed by atoms with Crippen LogP contribution in [0.1, 0.15) is 36.6 Å². The fraction of sp³-hybridized carbons (Fsp3) is 0.316. The van der Waals surface area contributed by atoms with Crippen LogP contribution in [0, 0.1) is 19.8 Å². The zero-order valence-corrected chi connectivity index (χ0v) is 14.5. The molecule has 0 saturated carbocycles. The summed E-state index contributed by atoms with van der Waals surface area (Å²) in [6.07, 6.45) is 0. The highest BCUT2D eigenvalue weighted by molar-refractivity contribution is 7.80. The molecule has 0 radical (unpaired) electrons. The molecule has 1 atom stereocenters. The normalized spacial score (nSPS) is 12.0. The first-order valence-electron chi connectivity index (χ1n) is 7.66. The van der Waals surface area contributed by atoms with Crippen molar-refractivity contribution in [3.8, 4) is 0 Å². The van der Waals surface area contributed by atoms with Gasteiger partial charge in [0, 0.05) is 5.69 Å². The highest BCUT2D eigenvalue weighted by Crippen LogP contribution is 2.22. The molecule has 0 saturated heterocycles. The largest absolute Gasteiger partial charge is 0.355 e. The Kier molecular flexibility index (Phi) is 5.56. The maximum absolute atomic E-state index is 5.50. The number of thiocarbonyl (C=S) groups is 1. The van der Waals surface area contributed by atoms with Gasteiger partial charge in [-0.05, 0) is 60.8 Å². The Morgan fingerprint density at radius 1 is 0.955 bits per heavy atom. The lowest BCUT2D eigenvalue weighted by Crippen LogP contribution is -2.34. The van der Waals surface area contributed by atoms with Gasteiger partial charge in [0.2, 0.25) is 0 Å². The third kappa shape index (κ3) is 4.57. The predicted octanol–water partition coefficient (Wildman–Crippen LogP) is 4.99. The van der Waals surface area contributed by atoms with Crippen LogP contribution in [0.5, 0.6) is 0 Å². The van der Waals surface area contributed by atoms with E-state index in [0.717, 1.165) is 5.69 Å². The molecule has 2 aromatic carbocycles. The second-order valence-electron chi connectivity index (χ2n) is 6.11. The lowest BCUT2D eigenvalue weighted by Gasteiger charge is -2.25. The Hall–Kier alpha value is -1.87. The second-order valence-corrected chi connectivity index (χ2v) is 6.52. The summed E-state index contributed by atoms with van der Waals surface area (Å²) >= 11 is 5.50. The first kappa shape index (κ1) is 16.5. The van der Waals surface area contributed by atoms with Crippen LogP contribution in [0.2, 0.25) is 0 Å². The van der Waals surface area contributed by atoms with E-state index in [1.165, 1.54) is 16.7 Å². The third-order valence-electron chi connectivity index (χ3n) is 3.59. The Balaban J connectivity index is 2.09. The molecule has 22 heavy (non-hydrogen) atoms. The number of benzene rings is 2. The summed E-state index contributed by atoms with van der Waals surface area (Å²) in [6.45, 7) is 8.58. The molecule has 116 valence electrons. The van der Waals surface area contributed by atoms with Gasteiger partial charge in [0.1, 0.15) is 0 Å². The Morgan fingerprint density at radius 2 is 1.55 bits per heavy atom. The molecule has 2 rings (SSSR count). The molecule has 2 aromatic rings. The van der Waals surface area contributed by atoms with Crippen molar-refractivity contribution in [2.75, 3.05) is 5.32 Å². The Labute approximate surface area is 139 Å². The summed E-state index contributed by atoms with van der Waals surface area (Å²) in [5, 5.41) is 7.40. The monoisotopic (exact) mass is 312 g/mol. The molecule has 0 heterocycles. The summed E-state index contributed by atoms with van der Waals surface area (Å²) in [5.74, 6) is 0.446. The molecule has 0 aliphatic heterocycles. The summed E-state index contributed by atoms with van der Waals surface area (Å²) in [5.41, 5.74) is 4.75. The molecule has 2 N–H and O–H groups in total. The maximum Gasteiger partial charge on any atom is 0.171 e. The van der Waals surface area contributed by atoms with Crippen LogP contribution in [0.25, 0.3) is 0 Å². The Bertz CT molecular complexity index is 615. The topological polar surface area (TPSA) is 24.1 Å². The van der Waals surface area contributed by atoms with Crippen LogP contribution in [0.4, 0.5) is 5.69 Å². The van der Waals surface area contributed by atoms with E-state index in [-0.39, 0.29) is 6.04 Å². The molecule has 2 nitrogen and oxygen atoms in total. The summed E-state index contributed by atoms with van der Waals surface area (Å²) < 4.78 is 0. The molecule has 0 aromatic heterocycles. The van der Waals surface area contributed by atoms with Crippen LogP contribution in [0.15, 0.2) is 48.5 Å². The van der Waals surface area contributed by atoms with Crippen LogP contribution < -0.4 is 10.6 Å². The SMILES string of the molecule is Cc1cc(C)cc(NC(=S)N[C@H](c2ccccc2)C(C)C)c1. The van der Waals surface area contributed by atoms with E-state index in [4.69, 9.17) is 12.2 Å². The minimum absolute atomic E-state index is 0.201. The Morgan fingerprint density at radius 3 is 2.09 bits per heavy atom. The van der Waals surface area contributed by atoms with Crippen molar-refractivity contribution < 1.29 is 0 Å². The van der Waals surface area contributed by atoms with Gasteiger partial charge in [0.25, 0.3) is 0 Å². The summed E-state index contributed by atoms with van der Waals surface area (Å²) in [6, 6.07) is 17.0. The van der Waals surface area contributed by atoms with E-state index in [0.29, 0.717) is 11.0 Å². The van der Waals surface area contributed by atoms with Crippen molar-refractivity contribution in [2.45, 2.75) is 33.7 Å². The predicted molar refractivity (Wildman–Crippen MR) is 99.3 cm³/mol. The average molecular weight is 312 g/mol. The molecule has 0 bridgehead atoms. The van der Waals surface area contributed by atoms with Gasteiger partial charge in [-0.2, -0.15) is 0 Å². The number of hydrogen-bond acceptors (Lipinski definition) is 1. The van der Waals surface area contributed by atoms with Crippen molar-refractivity contribution in [1.29, 1.82) is 0 Å². The van der Waals surface area contributed by atoms with E-state index in [9.17, 15) is 0 Å². The number of anilines is 1. The maximum atomic E-state index is 5.50. The zero-order valence-electron chi connectivity index (χ0n) is 13.7. The lowest BCUT2D eigenvalue weighted by molar-refractivity contribution is 0.473. The number of rotatable bonds is 4. The van der Waals surface area contributed by atoms with Crippen LogP contribution in [-0.2, 0) is 0 Å². The molecule has 0 unspecified atom stereocenters. The fourth-order valence-electron chi connectivity index (χ4n) is 2.65. The van der Waals surface area contributed by atoms with Crippen molar-refractivity contribution >= 4 is 23.0 Å². The standard InChI is InChI=1S/C19H24N2S/c1-13(2)18(16-8-6-5-7-9-16)21-19(22)20-17-11-14(3)10-15(4)12-17/h5-13,18H,1-4H3,(H2,20,21,22)/t18-/m0/s1. The van der Waals surface area contributed by atoms with Gasteiger partial charge in [0.15, 0.2) is 5.11 Å². The third-order valence-corrected chi connectivity index (χ3v) is 3.81. The van der Waals surface area contributed by atoms with Gasteiger partial charge in [-0.25, -0.2) is 0 Å². The second kappa shape index (κ2) is 7.41. The van der Waals surface area contributed by atoms with Crippen molar-refractivity contribution in [2.24, 2.45) is 5.92 Å². The van der Waals surface area contributed by atoms with Crippen molar-refractivity contribution in [1.82, 2.24) is 5.32 Å². The summed E-state index contributed by atoms with van der Waals surface area (Å²) in [7, 11) is 0.